The fourth-order valence-corrected chi connectivity index (χ4v) is 3.01. The summed E-state index contributed by atoms with van der Waals surface area (Å²) in [5.74, 6) is 4.16. The van der Waals surface area contributed by atoms with Gasteiger partial charge in [-0.25, -0.2) is 9.97 Å². The summed E-state index contributed by atoms with van der Waals surface area (Å²) in [7, 11) is 3.17. The lowest BCUT2D eigenvalue weighted by Crippen LogP contribution is -2.01. The number of aromatic nitrogens is 2. The quantitative estimate of drug-likeness (QED) is 0.425. The van der Waals surface area contributed by atoms with Crippen LogP contribution in [0, 0.1) is 0 Å². The summed E-state index contributed by atoms with van der Waals surface area (Å²) in [5, 5.41) is 3.25. The van der Waals surface area contributed by atoms with Gasteiger partial charge >= 0.3 is 0 Å². The summed E-state index contributed by atoms with van der Waals surface area (Å²) in [5.41, 5.74) is 7.63. The number of nitrogens with zero attached hydrogens (tertiary/aromatic N) is 2. The molecule has 3 N–H and O–H groups in total. The number of nitrogen functional groups attached to an aromatic ring is 1. The molecule has 0 amide bonds. The van der Waals surface area contributed by atoms with Gasteiger partial charge in [-0.05, 0) is 54.6 Å². The number of nitrogens with two attached hydrogens (primary N) is 1. The molecule has 0 saturated heterocycles. The van der Waals surface area contributed by atoms with E-state index in [0.717, 1.165) is 22.7 Å². The zero-order chi connectivity index (χ0) is 21.6. The molecule has 4 rings (SSSR count). The normalized spacial score (nSPS) is 10.4. The van der Waals surface area contributed by atoms with E-state index in [0.29, 0.717) is 29.0 Å². The van der Waals surface area contributed by atoms with Crippen molar-refractivity contribution in [3.8, 4) is 34.4 Å². The van der Waals surface area contributed by atoms with Gasteiger partial charge in [0.2, 0.25) is 0 Å². The van der Waals surface area contributed by atoms with Crippen molar-refractivity contribution in [1.82, 2.24) is 9.97 Å². The van der Waals surface area contributed by atoms with E-state index in [-0.39, 0.29) is 0 Å². The second-order valence-corrected chi connectivity index (χ2v) is 6.64. The van der Waals surface area contributed by atoms with Crippen molar-refractivity contribution in [2.24, 2.45) is 0 Å². The van der Waals surface area contributed by atoms with Crippen molar-refractivity contribution in [1.29, 1.82) is 0 Å². The van der Waals surface area contributed by atoms with Crippen molar-refractivity contribution < 1.29 is 14.2 Å². The minimum Gasteiger partial charge on any atom is -0.493 e. The summed E-state index contributed by atoms with van der Waals surface area (Å²) in [6, 6.07) is 24.4. The predicted octanol–water partition coefficient (Wildman–Crippen LogP) is 5.28. The molecule has 0 radical (unpaired) electrons. The highest BCUT2D eigenvalue weighted by atomic mass is 16.5. The lowest BCUT2D eigenvalue weighted by molar-refractivity contribution is 0.355. The van der Waals surface area contributed by atoms with E-state index >= 15 is 0 Å². The molecule has 156 valence electrons. The molecule has 0 atom stereocenters. The molecule has 7 heteroatoms. The maximum Gasteiger partial charge on any atom is 0.163 e. The van der Waals surface area contributed by atoms with Gasteiger partial charge < -0.3 is 25.3 Å². The van der Waals surface area contributed by atoms with Crippen molar-refractivity contribution in [3.05, 3.63) is 78.9 Å². The number of ether oxygens (including phenoxy) is 3. The van der Waals surface area contributed by atoms with Crippen molar-refractivity contribution in [3.63, 3.8) is 0 Å². The van der Waals surface area contributed by atoms with Gasteiger partial charge in [0.25, 0.3) is 0 Å². The average molecular weight is 414 g/mol. The van der Waals surface area contributed by atoms with E-state index in [1.54, 1.807) is 26.4 Å². The first-order valence-electron chi connectivity index (χ1n) is 9.61. The molecule has 0 aliphatic carbocycles. The van der Waals surface area contributed by atoms with Crippen molar-refractivity contribution in [2.75, 3.05) is 25.3 Å². The van der Waals surface area contributed by atoms with Crippen LogP contribution in [0.5, 0.6) is 23.0 Å². The van der Waals surface area contributed by atoms with Crippen LogP contribution in [0.4, 0.5) is 17.3 Å². The van der Waals surface area contributed by atoms with Crippen LogP contribution in [-0.2, 0) is 0 Å². The molecule has 0 aliphatic heterocycles. The van der Waals surface area contributed by atoms with E-state index in [4.69, 9.17) is 19.9 Å². The number of methoxy groups -OCH3 is 2. The van der Waals surface area contributed by atoms with Gasteiger partial charge in [0.15, 0.2) is 17.3 Å². The van der Waals surface area contributed by atoms with Gasteiger partial charge in [-0.2, -0.15) is 0 Å². The standard InChI is InChI=1S/C24H22N4O3/c1-29-20-13-8-16(14-21(20)30-2)24-27-22(25)15-23(28-24)26-17-9-11-19(12-10-17)31-18-6-4-3-5-7-18/h3-15H,1-2H3,(H3,25,26,27,28). The Morgan fingerprint density at radius 1 is 0.742 bits per heavy atom. The number of anilines is 3. The third-order valence-electron chi connectivity index (χ3n) is 4.49. The molecule has 0 saturated carbocycles. The Hall–Kier alpha value is -4.26. The van der Waals surface area contributed by atoms with E-state index in [1.165, 1.54) is 0 Å². The fourth-order valence-electron chi connectivity index (χ4n) is 3.01. The summed E-state index contributed by atoms with van der Waals surface area (Å²) in [4.78, 5) is 8.94. The molecular formula is C24H22N4O3. The average Bonchev–Trinajstić information content (AvgIpc) is 2.80. The second kappa shape index (κ2) is 9.04. The molecular weight excluding hydrogens is 392 g/mol. The maximum atomic E-state index is 6.02. The van der Waals surface area contributed by atoms with Crippen molar-refractivity contribution in [2.45, 2.75) is 0 Å². The van der Waals surface area contributed by atoms with Crippen LogP contribution in [0.2, 0.25) is 0 Å². The van der Waals surface area contributed by atoms with Crippen LogP contribution < -0.4 is 25.3 Å². The summed E-state index contributed by atoms with van der Waals surface area (Å²) >= 11 is 0. The lowest BCUT2D eigenvalue weighted by atomic mass is 10.2. The molecule has 31 heavy (non-hydrogen) atoms. The van der Waals surface area contributed by atoms with Crippen LogP contribution >= 0.6 is 0 Å². The molecule has 3 aromatic carbocycles. The van der Waals surface area contributed by atoms with E-state index < -0.39 is 0 Å². The lowest BCUT2D eigenvalue weighted by Gasteiger charge is -2.11. The Morgan fingerprint density at radius 2 is 1.45 bits per heavy atom. The predicted molar refractivity (Wildman–Crippen MR) is 121 cm³/mol. The zero-order valence-corrected chi connectivity index (χ0v) is 17.2. The van der Waals surface area contributed by atoms with Crippen LogP contribution in [-0.4, -0.2) is 24.2 Å². The van der Waals surface area contributed by atoms with Crippen molar-refractivity contribution >= 4 is 17.3 Å². The highest BCUT2D eigenvalue weighted by molar-refractivity contribution is 5.67. The Kier molecular flexibility index (Phi) is 5.84. The molecule has 0 spiro atoms. The number of hydrogen-bond acceptors (Lipinski definition) is 7. The van der Waals surface area contributed by atoms with Gasteiger partial charge in [-0.3, -0.25) is 0 Å². The molecule has 4 aromatic rings. The van der Waals surface area contributed by atoms with E-state index in [9.17, 15) is 0 Å². The SMILES string of the molecule is COc1ccc(-c2nc(N)cc(Nc3ccc(Oc4ccccc4)cc3)n2)cc1OC. The minimum atomic E-state index is 0.353. The summed E-state index contributed by atoms with van der Waals surface area (Å²) < 4.78 is 16.5. The highest BCUT2D eigenvalue weighted by Gasteiger charge is 2.10. The van der Waals surface area contributed by atoms with Gasteiger partial charge in [0.05, 0.1) is 14.2 Å². The van der Waals surface area contributed by atoms with Gasteiger partial charge in [-0.1, -0.05) is 18.2 Å². The Morgan fingerprint density at radius 3 is 2.16 bits per heavy atom. The highest BCUT2D eigenvalue weighted by Crippen LogP contribution is 2.32. The third kappa shape index (κ3) is 4.84. The molecule has 7 nitrogen and oxygen atoms in total. The molecule has 1 heterocycles. The molecule has 0 aliphatic rings. The maximum absolute atomic E-state index is 6.02. The number of hydrogen-bond donors (Lipinski definition) is 2. The fraction of sp³-hybridized carbons (Fsp3) is 0.0833. The minimum absolute atomic E-state index is 0.353. The molecule has 1 aromatic heterocycles. The Bertz CT molecular complexity index is 1170. The Balaban J connectivity index is 1.54. The van der Waals surface area contributed by atoms with Crippen LogP contribution in [0.25, 0.3) is 11.4 Å². The van der Waals surface area contributed by atoms with Crippen LogP contribution in [0.1, 0.15) is 0 Å². The Labute approximate surface area is 180 Å². The third-order valence-corrected chi connectivity index (χ3v) is 4.49. The van der Waals surface area contributed by atoms with Crippen LogP contribution in [0.3, 0.4) is 0 Å². The van der Waals surface area contributed by atoms with Gasteiger partial charge in [0, 0.05) is 17.3 Å². The molecule has 0 fully saturated rings. The van der Waals surface area contributed by atoms with Gasteiger partial charge in [-0.15, -0.1) is 0 Å². The molecule has 0 bridgehead atoms. The smallest absolute Gasteiger partial charge is 0.163 e. The second-order valence-electron chi connectivity index (χ2n) is 6.64. The van der Waals surface area contributed by atoms with Gasteiger partial charge in [0.1, 0.15) is 23.1 Å². The zero-order valence-electron chi connectivity index (χ0n) is 17.2. The number of para-hydroxylation sites is 1. The number of benzene rings is 3. The first-order chi connectivity index (χ1) is 15.1. The first-order valence-corrected chi connectivity index (χ1v) is 9.61. The van der Waals surface area contributed by atoms with E-state index in [2.05, 4.69) is 15.3 Å². The first kappa shape index (κ1) is 20.0. The van der Waals surface area contributed by atoms with Crippen LogP contribution in [0.15, 0.2) is 78.9 Å². The monoisotopic (exact) mass is 414 g/mol. The topological polar surface area (TPSA) is 91.5 Å². The van der Waals surface area contributed by atoms with E-state index in [1.807, 2.05) is 66.7 Å². The number of nitrogens with one attached hydrogen (secondary N) is 1. The summed E-state index contributed by atoms with van der Waals surface area (Å²) in [6.45, 7) is 0. The molecule has 0 unspecified atom stereocenters. The number of rotatable bonds is 7. The largest absolute Gasteiger partial charge is 0.493 e. The summed E-state index contributed by atoms with van der Waals surface area (Å²) in [6.07, 6.45) is 0.